The lowest BCUT2D eigenvalue weighted by atomic mass is 10.1. The fraction of sp³-hybridized carbons (Fsp3) is 0.250. The Labute approximate surface area is 166 Å². The maximum Gasteiger partial charge on any atom is 0.241 e. The number of anilines is 1. The lowest BCUT2D eigenvalue weighted by Crippen LogP contribution is -2.37. The number of nitrogens with two attached hydrogens (primary N) is 1. The van der Waals surface area contributed by atoms with E-state index in [2.05, 4.69) is 29.1 Å². The molecule has 0 aliphatic carbocycles. The number of aromatic nitrogens is 1. The first-order chi connectivity index (χ1) is 11.7. The zero-order valence-electron chi connectivity index (χ0n) is 14.7. The Morgan fingerprint density at radius 3 is 2.54 bits per heavy atom. The van der Waals surface area contributed by atoms with Crippen LogP contribution in [-0.4, -0.2) is 16.5 Å². The number of carbonyl (C=O) groups excluding carboxylic acids is 1. The third kappa shape index (κ3) is 5.24. The van der Waals surface area contributed by atoms with Crippen molar-refractivity contribution < 1.29 is 4.79 Å². The molecule has 1 aromatic heterocycles. The van der Waals surface area contributed by atoms with Crippen LogP contribution in [0.2, 0.25) is 0 Å². The molecule has 0 fully saturated rings. The molecule has 2 aromatic carbocycles. The van der Waals surface area contributed by atoms with Crippen molar-refractivity contribution in [2.75, 3.05) is 5.32 Å². The minimum Gasteiger partial charge on any atom is -0.347 e. The number of benzene rings is 2. The fourth-order valence-corrected chi connectivity index (χ4v) is 2.91. The van der Waals surface area contributed by atoms with Crippen molar-refractivity contribution in [3.05, 3.63) is 66.4 Å². The number of amides is 1. The van der Waals surface area contributed by atoms with Crippen LogP contribution in [0.1, 0.15) is 18.9 Å². The third-order valence-corrected chi connectivity index (χ3v) is 4.14. The number of carbonyl (C=O) groups is 1. The average Bonchev–Trinajstić information content (AvgIpc) is 2.98. The molecule has 1 heterocycles. The smallest absolute Gasteiger partial charge is 0.241 e. The summed E-state index contributed by atoms with van der Waals surface area (Å²) in [6.45, 7) is 3.16. The number of nitrogens with zero attached hydrogens (tertiary/aromatic N) is 1. The molecule has 1 amide bonds. The summed E-state index contributed by atoms with van der Waals surface area (Å²) < 4.78 is 2.22. The number of aryl methyl sites for hydroxylation is 1. The predicted molar refractivity (Wildman–Crippen MR) is 113 cm³/mol. The number of hydrogen-bond acceptors (Lipinski definition) is 2. The van der Waals surface area contributed by atoms with Crippen LogP contribution >= 0.6 is 24.8 Å². The second-order valence-corrected chi connectivity index (χ2v) is 6.07. The van der Waals surface area contributed by atoms with E-state index in [-0.39, 0.29) is 30.7 Å². The van der Waals surface area contributed by atoms with Crippen molar-refractivity contribution in [1.29, 1.82) is 0 Å². The highest BCUT2D eigenvalue weighted by molar-refractivity contribution is 5.97. The third-order valence-electron chi connectivity index (χ3n) is 4.14. The minimum atomic E-state index is -0.562. The maximum absolute atomic E-state index is 12.3. The maximum atomic E-state index is 12.3. The first-order valence-corrected chi connectivity index (χ1v) is 8.36. The Balaban J connectivity index is 0.00000169. The second kappa shape index (κ2) is 10.2. The lowest BCUT2D eigenvalue weighted by Gasteiger charge is -2.13. The van der Waals surface area contributed by atoms with E-state index < -0.39 is 6.04 Å². The van der Waals surface area contributed by atoms with E-state index in [1.165, 1.54) is 5.52 Å². The van der Waals surface area contributed by atoms with Crippen LogP contribution in [0, 0.1) is 0 Å². The number of nitrogens with one attached hydrogen (secondary N) is 1. The fourth-order valence-electron chi connectivity index (χ4n) is 2.91. The van der Waals surface area contributed by atoms with Gasteiger partial charge in [0.25, 0.3) is 0 Å². The molecule has 3 rings (SSSR count). The molecule has 26 heavy (non-hydrogen) atoms. The number of fused-ring (bicyclic) bond motifs is 1. The number of hydrogen-bond donors (Lipinski definition) is 2. The summed E-state index contributed by atoms with van der Waals surface area (Å²) in [6, 6.07) is 17.3. The molecule has 0 saturated carbocycles. The molecule has 1 unspecified atom stereocenters. The van der Waals surface area contributed by atoms with Gasteiger partial charge in [-0.25, -0.2) is 0 Å². The molecule has 0 saturated heterocycles. The largest absolute Gasteiger partial charge is 0.347 e. The standard InChI is InChI=1S/C20H23N3O.2ClH/c1-2-11-23-12-10-16-14-17(8-9-19(16)23)22-20(24)18(21)13-15-6-4-3-5-7-15;;/h3-10,12,14,18H,2,11,13,21H2,1H3,(H,22,24);2*1H. The molecule has 0 bridgehead atoms. The van der Waals surface area contributed by atoms with Gasteiger partial charge in [-0.2, -0.15) is 0 Å². The van der Waals surface area contributed by atoms with E-state index in [9.17, 15) is 4.79 Å². The molecule has 0 radical (unpaired) electrons. The molecule has 3 N–H and O–H groups in total. The first-order valence-electron chi connectivity index (χ1n) is 8.36. The van der Waals surface area contributed by atoms with Crippen molar-refractivity contribution in [2.45, 2.75) is 32.4 Å². The van der Waals surface area contributed by atoms with E-state index in [4.69, 9.17) is 5.73 Å². The highest BCUT2D eigenvalue weighted by Crippen LogP contribution is 2.21. The van der Waals surface area contributed by atoms with Crippen LogP contribution in [0.4, 0.5) is 5.69 Å². The monoisotopic (exact) mass is 393 g/mol. The molecule has 6 heteroatoms. The number of rotatable bonds is 6. The summed E-state index contributed by atoms with van der Waals surface area (Å²) in [7, 11) is 0. The summed E-state index contributed by atoms with van der Waals surface area (Å²) in [5.74, 6) is -0.161. The zero-order valence-corrected chi connectivity index (χ0v) is 16.4. The van der Waals surface area contributed by atoms with Gasteiger partial charge < -0.3 is 15.6 Å². The molecule has 1 atom stereocenters. The van der Waals surface area contributed by atoms with Crippen molar-refractivity contribution in [2.24, 2.45) is 5.73 Å². The zero-order chi connectivity index (χ0) is 16.9. The quantitative estimate of drug-likeness (QED) is 0.651. The summed E-state index contributed by atoms with van der Waals surface area (Å²) in [5.41, 5.74) is 9.07. The van der Waals surface area contributed by atoms with Gasteiger partial charge in [-0.3, -0.25) is 4.79 Å². The van der Waals surface area contributed by atoms with Gasteiger partial charge in [0.2, 0.25) is 5.91 Å². The van der Waals surface area contributed by atoms with Crippen molar-refractivity contribution in [3.63, 3.8) is 0 Å². The predicted octanol–water partition coefficient (Wildman–Crippen LogP) is 4.40. The Morgan fingerprint density at radius 2 is 1.85 bits per heavy atom. The van der Waals surface area contributed by atoms with Gasteiger partial charge in [-0.15, -0.1) is 24.8 Å². The van der Waals surface area contributed by atoms with Crippen LogP contribution in [0.3, 0.4) is 0 Å². The molecule has 0 spiro atoms. The molecule has 3 aromatic rings. The van der Waals surface area contributed by atoms with Crippen molar-refractivity contribution in [1.82, 2.24) is 4.57 Å². The van der Waals surface area contributed by atoms with Crippen LogP contribution in [0.15, 0.2) is 60.8 Å². The average molecular weight is 394 g/mol. The van der Waals surface area contributed by atoms with Crippen LogP contribution < -0.4 is 11.1 Å². The Morgan fingerprint density at radius 1 is 1.12 bits per heavy atom. The van der Waals surface area contributed by atoms with Crippen molar-refractivity contribution in [3.8, 4) is 0 Å². The Bertz CT molecular complexity index is 833. The summed E-state index contributed by atoms with van der Waals surface area (Å²) in [4.78, 5) is 12.3. The molecular formula is C20H25Cl2N3O. The SMILES string of the molecule is CCCn1ccc2cc(NC(=O)C(N)Cc3ccccc3)ccc21.Cl.Cl. The van der Waals surface area contributed by atoms with E-state index >= 15 is 0 Å². The van der Waals surface area contributed by atoms with Gasteiger partial charge >= 0.3 is 0 Å². The van der Waals surface area contributed by atoms with Gasteiger partial charge in [0.05, 0.1) is 6.04 Å². The molecule has 0 aliphatic heterocycles. The Kier molecular flexibility index (Phi) is 8.66. The van der Waals surface area contributed by atoms with E-state index in [0.717, 1.165) is 29.6 Å². The van der Waals surface area contributed by atoms with Crippen LogP contribution in [-0.2, 0) is 17.8 Å². The molecule has 0 aliphatic rings. The van der Waals surface area contributed by atoms with E-state index in [1.807, 2.05) is 48.5 Å². The summed E-state index contributed by atoms with van der Waals surface area (Å²) >= 11 is 0. The molecule has 140 valence electrons. The van der Waals surface area contributed by atoms with Gasteiger partial charge in [-0.05, 0) is 42.7 Å². The van der Waals surface area contributed by atoms with Crippen LogP contribution in [0.25, 0.3) is 10.9 Å². The first kappa shape index (κ1) is 22.0. The lowest BCUT2D eigenvalue weighted by molar-refractivity contribution is -0.117. The van der Waals surface area contributed by atoms with Crippen LogP contribution in [0.5, 0.6) is 0 Å². The second-order valence-electron chi connectivity index (χ2n) is 6.07. The Hall–Kier alpha value is -2.01. The minimum absolute atomic E-state index is 0. The highest BCUT2D eigenvalue weighted by atomic mass is 35.5. The van der Waals surface area contributed by atoms with Gasteiger partial charge in [0, 0.05) is 29.3 Å². The van der Waals surface area contributed by atoms with Gasteiger partial charge in [-0.1, -0.05) is 37.3 Å². The van der Waals surface area contributed by atoms with Gasteiger partial charge in [0.15, 0.2) is 0 Å². The normalized spacial score (nSPS) is 11.3. The highest BCUT2D eigenvalue weighted by Gasteiger charge is 2.14. The topological polar surface area (TPSA) is 60.0 Å². The molecule has 4 nitrogen and oxygen atoms in total. The summed E-state index contributed by atoms with van der Waals surface area (Å²) in [6.07, 6.45) is 3.71. The van der Waals surface area contributed by atoms with Crippen molar-refractivity contribution >= 4 is 47.3 Å². The summed E-state index contributed by atoms with van der Waals surface area (Å²) in [5, 5.41) is 4.05. The number of halogens is 2. The molecular weight excluding hydrogens is 369 g/mol. The van der Waals surface area contributed by atoms with E-state index in [1.54, 1.807) is 0 Å². The van der Waals surface area contributed by atoms with E-state index in [0.29, 0.717) is 6.42 Å². The van der Waals surface area contributed by atoms with Gasteiger partial charge in [0.1, 0.15) is 0 Å².